The number of carbonyl (C=O) groups excluding carboxylic acids is 2. The van der Waals surface area contributed by atoms with Gasteiger partial charge in [-0.25, -0.2) is 0 Å². The van der Waals surface area contributed by atoms with E-state index < -0.39 is 11.8 Å². The lowest BCUT2D eigenvalue weighted by Crippen LogP contribution is -2.21. The summed E-state index contributed by atoms with van der Waals surface area (Å²) in [4.78, 5) is 28.5. The highest BCUT2D eigenvalue weighted by molar-refractivity contribution is 6.32. The lowest BCUT2D eigenvalue weighted by atomic mass is 10.2. The molecule has 0 bridgehead atoms. The van der Waals surface area contributed by atoms with Crippen LogP contribution in [0.15, 0.2) is 54.7 Å². The smallest absolute Gasteiger partial charge is 0.233 e. The van der Waals surface area contributed by atoms with Gasteiger partial charge in [-0.15, -0.1) is 0 Å². The first kappa shape index (κ1) is 17.7. The second-order valence-electron chi connectivity index (χ2n) is 5.50. The Morgan fingerprint density at radius 1 is 1.08 bits per heavy atom. The largest absolute Gasteiger partial charge is 0.495 e. The number of halogens is 1. The quantitative estimate of drug-likeness (QED) is 0.669. The Morgan fingerprint density at radius 2 is 1.85 bits per heavy atom. The van der Waals surface area contributed by atoms with Crippen LogP contribution in [0.4, 0.5) is 11.4 Å². The Bertz CT molecular complexity index is 970. The zero-order chi connectivity index (χ0) is 18.5. The maximum absolute atomic E-state index is 12.2. The van der Waals surface area contributed by atoms with Crippen molar-refractivity contribution in [2.24, 2.45) is 0 Å². The summed E-state index contributed by atoms with van der Waals surface area (Å²) in [5, 5.41) is 6.63. The van der Waals surface area contributed by atoms with E-state index in [1.807, 2.05) is 24.3 Å². The van der Waals surface area contributed by atoms with Gasteiger partial charge in [-0.1, -0.05) is 29.8 Å². The highest BCUT2D eigenvalue weighted by Crippen LogP contribution is 2.27. The van der Waals surface area contributed by atoms with E-state index in [1.54, 1.807) is 30.5 Å². The van der Waals surface area contributed by atoms with E-state index in [1.165, 1.54) is 7.11 Å². The summed E-state index contributed by atoms with van der Waals surface area (Å²) in [6, 6.07) is 14.0. The topological polar surface area (TPSA) is 80.3 Å². The number of benzene rings is 2. The molecule has 132 valence electrons. The molecule has 6 nitrogen and oxygen atoms in total. The average Bonchev–Trinajstić information content (AvgIpc) is 2.62. The first-order valence-corrected chi connectivity index (χ1v) is 8.21. The van der Waals surface area contributed by atoms with Gasteiger partial charge in [0.1, 0.15) is 12.2 Å². The molecule has 0 radical (unpaired) electrons. The van der Waals surface area contributed by atoms with Crippen molar-refractivity contribution in [1.29, 1.82) is 0 Å². The number of ether oxygens (including phenoxy) is 1. The minimum Gasteiger partial charge on any atom is -0.495 e. The first-order chi connectivity index (χ1) is 12.6. The highest BCUT2D eigenvalue weighted by atomic mass is 35.5. The number of amides is 2. The SMILES string of the molecule is COc1ccc(NC(=O)CC(=O)Nc2cccc3cccnc23)cc1Cl. The van der Waals surface area contributed by atoms with Crippen molar-refractivity contribution in [2.45, 2.75) is 6.42 Å². The lowest BCUT2D eigenvalue weighted by molar-refractivity contribution is -0.123. The third-order valence-corrected chi connectivity index (χ3v) is 3.96. The maximum atomic E-state index is 12.2. The number of fused-ring (bicyclic) bond motifs is 1. The van der Waals surface area contributed by atoms with Crippen LogP contribution < -0.4 is 15.4 Å². The third kappa shape index (κ3) is 4.10. The molecule has 0 fully saturated rings. The van der Waals surface area contributed by atoms with Crippen LogP contribution in [0, 0.1) is 0 Å². The minimum absolute atomic E-state index is 0.327. The predicted octanol–water partition coefficient (Wildman–Crippen LogP) is 3.86. The molecule has 26 heavy (non-hydrogen) atoms. The standard InChI is InChI=1S/C19H16ClN3O3/c1-26-16-8-7-13(10-14(16)20)22-17(24)11-18(25)23-15-6-2-4-12-5-3-9-21-19(12)15/h2-10H,11H2,1H3,(H,22,24)(H,23,25). The number of nitrogens with one attached hydrogen (secondary N) is 2. The van der Waals surface area contributed by atoms with Crippen molar-refractivity contribution < 1.29 is 14.3 Å². The van der Waals surface area contributed by atoms with Crippen molar-refractivity contribution in [3.63, 3.8) is 0 Å². The Hall–Kier alpha value is -3.12. The number of aromatic nitrogens is 1. The van der Waals surface area contributed by atoms with E-state index in [2.05, 4.69) is 15.6 Å². The number of methoxy groups -OCH3 is 1. The second-order valence-corrected chi connectivity index (χ2v) is 5.91. The van der Waals surface area contributed by atoms with Crippen molar-refractivity contribution in [2.75, 3.05) is 17.7 Å². The Morgan fingerprint density at radius 3 is 2.62 bits per heavy atom. The average molecular weight is 370 g/mol. The van der Waals surface area contributed by atoms with Crippen molar-refractivity contribution in [3.8, 4) is 5.75 Å². The second kappa shape index (κ2) is 7.84. The molecule has 0 aliphatic carbocycles. The third-order valence-electron chi connectivity index (χ3n) is 3.66. The Kier molecular flexibility index (Phi) is 5.34. The van der Waals surface area contributed by atoms with Gasteiger partial charge in [0, 0.05) is 17.3 Å². The normalized spacial score (nSPS) is 10.4. The van der Waals surface area contributed by atoms with E-state index in [0.29, 0.717) is 27.7 Å². The van der Waals surface area contributed by atoms with Gasteiger partial charge in [0.25, 0.3) is 0 Å². The number of rotatable bonds is 5. The van der Waals surface area contributed by atoms with E-state index in [9.17, 15) is 9.59 Å². The molecular formula is C19H16ClN3O3. The molecule has 2 aromatic carbocycles. The van der Waals surface area contributed by atoms with Gasteiger partial charge in [0.05, 0.1) is 23.3 Å². The monoisotopic (exact) mass is 369 g/mol. The molecule has 0 aliphatic rings. The number of pyridine rings is 1. The summed E-state index contributed by atoms with van der Waals surface area (Å²) in [6.45, 7) is 0. The molecule has 1 heterocycles. The summed E-state index contributed by atoms with van der Waals surface area (Å²) in [7, 11) is 1.51. The van der Waals surface area contributed by atoms with E-state index in [-0.39, 0.29) is 6.42 Å². The summed E-state index contributed by atoms with van der Waals surface area (Å²) >= 11 is 6.02. The van der Waals surface area contributed by atoms with Crippen LogP contribution in [0.5, 0.6) is 5.75 Å². The predicted molar refractivity (Wildman–Crippen MR) is 102 cm³/mol. The number of hydrogen-bond donors (Lipinski definition) is 2. The molecule has 7 heteroatoms. The zero-order valence-corrected chi connectivity index (χ0v) is 14.7. The summed E-state index contributed by atoms with van der Waals surface area (Å²) in [5.41, 5.74) is 1.72. The molecule has 0 spiro atoms. The number of para-hydroxylation sites is 1. The number of anilines is 2. The summed E-state index contributed by atoms with van der Waals surface area (Å²) in [5.74, 6) is -0.372. The molecule has 3 aromatic rings. The lowest BCUT2D eigenvalue weighted by Gasteiger charge is -2.09. The fourth-order valence-electron chi connectivity index (χ4n) is 2.49. The number of nitrogens with zero attached hydrogens (tertiary/aromatic N) is 1. The molecule has 2 amide bonds. The molecule has 3 rings (SSSR count). The van der Waals surface area contributed by atoms with Gasteiger partial charge in [-0.2, -0.15) is 0 Å². The molecule has 0 aliphatic heterocycles. The van der Waals surface area contributed by atoms with Crippen molar-refractivity contribution in [3.05, 3.63) is 59.8 Å². The van der Waals surface area contributed by atoms with E-state index in [0.717, 1.165) is 5.39 Å². The minimum atomic E-state index is -0.447. The molecular weight excluding hydrogens is 354 g/mol. The van der Waals surface area contributed by atoms with Crippen LogP contribution in [-0.4, -0.2) is 23.9 Å². The fraction of sp³-hybridized carbons (Fsp3) is 0.105. The van der Waals surface area contributed by atoms with Crippen molar-refractivity contribution in [1.82, 2.24) is 4.98 Å². The van der Waals surface area contributed by atoms with Gasteiger partial charge in [0.15, 0.2) is 0 Å². The van der Waals surface area contributed by atoms with Crippen LogP contribution in [0.3, 0.4) is 0 Å². The van der Waals surface area contributed by atoms with Crippen LogP contribution >= 0.6 is 11.6 Å². The summed E-state index contributed by atoms with van der Waals surface area (Å²) in [6.07, 6.45) is 1.32. The summed E-state index contributed by atoms with van der Waals surface area (Å²) < 4.78 is 5.06. The molecule has 1 aromatic heterocycles. The van der Waals surface area contributed by atoms with Crippen molar-refractivity contribution >= 4 is 45.7 Å². The molecule has 2 N–H and O–H groups in total. The van der Waals surface area contributed by atoms with Gasteiger partial charge in [-0.3, -0.25) is 14.6 Å². The molecule has 0 saturated heterocycles. The number of hydrogen-bond acceptors (Lipinski definition) is 4. The maximum Gasteiger partial charge on any atom is 0.233 e. The number of carbonyl (C=O) groups is 2. The fourth-order valence-corrected chi connectivity index (χ4v) is 2.75. The molecule has 0 atom stereocenters. The van der Waals surface area contributed by atoms with Crippen LogP contribution in [0.25, 0.3) is 10.9 Å². The Labute approximate surface area is 155 Å². The first-order valence-electron chi connectivity index (χ1n) is 7.84. The molecule has 0 saturated carbocycles. The highest BCUT2D eigenvalue weighted by Gasteiger charge is 2.12. The van der Waals surface area contributed by atoms with E-state index in [4.69, 9.17) is 16.3 Å². The van der Waals surface area contributed by atoms with Gasteiger partial charge >= 0.3 is 0 Å². The zero-order valence-electron chi connectivity index (χ0n) is 14.0. The molecule has 0 unspecified atom stereocenters. The van der Waals surface area contributed by atoms with Crippen LogP contribution in [0.1, 0.15) is 6.42 Å². The van der Waals surface area contributed by atoms with Gasteiger partial charge in [-0.05, 0) is 30.3 Å². The van der Waals surface area contributed by atoms with Crippen LogP contribution in [-0.2, 0) is 9.59 Å². The van der Waals surface area contributed by atoms with E-state index >= 15 is 0 Å². The Balaban J connectivity index is 1.64. The van der Waals surface area contributed by atoms with Gasteiger partial charge in [0.2, 0.25) is 11.8 Å². The van der Waals surface area contributed by atoms with Crippen LogP contribution in [0.2, 0.25) is 5.02 Å². The van der Waals surface area contributed by atoms with Gasteiger partial charge < -0.3 is 15.4 Å².